The summed E-state index contributed by atoms with van der Waals surface area (Å²) in [5.74, 6) is 0.670. The Morgan fingerprint density at radius 3 is 2.44 bits per heavy atom. The van der Waals surface area contributed by atoms with Crippen LogP contribution in [0, 0.1) is 5.41 Å². The van der Waals surface area contributed by atoms with E-state index in [0.29, 0.717) is 12.0 Å². The fraction of sp³-hybridized carbons (Fsp3) is 0.500. The second kappa shape index (κ2) is 3.93. The summed E-state index contributed by atoms with van der Waals surface area (Å²) in [6, 6.07) is 10.7. The van der Waals surface area contributed by atoms with Crippen molar-refractivity contribution in [1.82, 2.24) is 5.32 Å². The van der Waals surface area contributed by atoms with Gasteiger partial charge in [0.15, 0.2) is 0 Å². The lowest BCUT2D eigenvalue weighted by atomic mass is 9.95. The van der Waals surface area contributed by atoms with Crippen LogP contribution in [0.15, 0.2) is 30.3 Å². The van der Waals surface area contributed by atoms with E-state index in [0.717, 1.165) is 6.42 Å². The van der Waals surface area contributed by atoms with E-state index in [1.165, 1.54) is 5.56 Å². The molecule has 0 aliphatic heterocycles. The monoisotopic (exact) mass is 217 g/mol. The molecule has 1 saturated carbocycles. The lowest BCUT2D eigenvalue weighted by Gasteiger charge is -2.17. The number of benzene rings is 1. The van der Waals surface area contributed by atoms with Crippen LogP contribution in [0.2, 0.25) is 0 Å². The van der Waals surface area contributed by atoms with Gasteiger partial charge in [-0.1, -0.05) is 51.1 Å². The molecule has 2 heteroatoms. The van der Waals surface area contributed by atoms with Crippen molar-refractivity contribution in [1.29, 1.82) is 0 Å². The Kier molecular flexibility index (Phi) is 2.75. The minimum Gasteiger partial charge on any atom is -0.352 e. The molecule has 1 aliphatic rings. The predicted octanol–water partition coefficient (Wildman–Crippen LogP) is 2.70. The van der Waals surface area contributed by atoms with Crippen LogP contribution in [0.4, 0.5) is 0 Å². The van der Waals surface area contributed by atoms with Gasteiger partial charge in [-0.3, -0.25) is 4.79 Å². The lowest BCUT2D eigenvalue weighted by molar-refractivity contribution is -0.128. The minimum absolute atomic E-state index is 0.149. The van der Waals surface area contributed by atoms with E-state index in [4.69, 9.17) is 0 Å². The van der Waals surface area contributed by atoms with Crippen molar-refractivity contribution in [2.75, 3.05) is 0 Å². The van der Waals surface area contributed by atoms with Gasteiger partial charge in [0.2, 0.25) is 5.91 Å². The summed E-state index contributed by atoms with van der Waals surface area (Å²) in [5.41, 5.74) is 1.05. The number of hydrogen-bond donors (Lipinski definition) is 1. The molecule has 0 bridgehead atoms. The maximum atomic E-state index is 11.8. The molecule has 1 aromatic rings. The first-order chi connectivity index (χ1) is 7.48. The summed E-state index contributed by atoms with van der Waals surface area (Å²) in [6.07, 6.45) is 1.08. The van der Waals surface area contributed by atoms with Gasteiger partial charge in [-0.25, -0.2) is 0 Å². The molecule has 2 atom stereocenters. The number of nitrogens with one attached hydrogen (secondary N) is 1. The largest absolute Gasteiger partial charge is 0.352 e. The molecule has 1 aromatic carbocycles. The summed E-state index contributed by atoms with van der Waals surface area (Å²) in [7, 11) is 0. The topological polar surface area (TPSA) is 29.1 Å². The van der Waals surface area contributed by atoms with E-state index >= 15 is 0 Å². The third-order valence-electron chi connectivity index (χ3n) is 3.02. The molecular formula is C14H19NO. The third-order valence-corrected chi connectivity index (χ3v) is 3.02. The number of rotatable bonds is 2. The van der Waals surface area contributed by atoms with E-state index in [2.05, 4.69) is 29.6 Å². The first-order valence-corrected chi connectivity index (χ1v) is 5.84. The van der Waals surface area contributed by atoms with Crippen LogP contribution in [-0.2, 0) is 4.79 Å². The molecule has 1 aliphatic carbocycles. The van der Waals surface area contributed by atoms with Crippen LogP contribution < -0.4 is 5.32 Å². The van der Waals surface area contributed by atoms with Crippen LogP contribution in [-0.4, -0.2) is 11.9 Å². The smallest absolute Gasteiger partial charge is 0.225 e. The molecule has 0 spiro atoms. The summed E-state index contributed by atoms with van der Waals surface area (Å²) >= 11 is 0. The van der Waals surface area contributed by atoms with Crippen molar-refractivity contribution >= 4 is 5.91 Å². The molecule has 1 N–H and O–H groups in total. The summed E-state index contributed by atoms with van der Waals surface area (Å²) in [4.78, 5) is 11.8. The van der Waals surface area contributed by atoms with Crippen molar-refractivity contribution in [2.24, 2.45) is 5.41 Å². The summed E-state index contributed by atoms with van der Waals surface area (Å²) in [6.45, 7) is 5.84. The average Bonchev–Trinajstić information content (AvgIpc) is 2.97. The van der Waals surface area contributed by atoms with Crippen molar-refractivity contribution < 1.29 is 4.79 Å². The lowest BCUT2D eigenvalue weighted by Crippen LogP contribution is -2.36. The minimum atomic E-state index is -0.288. The Bertz CT molecular complexity index is 377. The van der Waals surface area contributed by atoms with Crippen LogP contribution in [0.5, 0.6) is 0 Å². The molecule has 0 heterocycles. The van der Waals surface area contributed by atoms with Gasteiger partial charge in [0.05, 0.1) is 0 Å². The maximum Gasteiger partial charge on any atom is 0.225 e. The van der Waals surface area contributed by atoms with E-state index in [-0.39, 0.29) is 11.3 Å². The Balaban J connectivity index is 1.91. The van der Waals surface area contributed by atoms with E-state index in [9.17, 15) is 4.79 Å². The molecule has 1 fully saturated rings. The van der Waals surface area contributed by atoms with Crippen LogP contribution in [0.25, 0.3) is 0 Å². The Labute approximate surface area is 97.1 Å². The molecule has 86 valence electrons. The van der Waals surface area contributed by atoms with Crippen molar-refractivity contribution in [3.05, 3.63) is 35.9 Å². The van der Waals surface area contributed by atoms with Crippen LogP contribution in [0.1, 0.15) is 38.7 Å². The van der Waals surface area contributed by atoms with Gasteiger partial charge < -0.3 is 5.32 Å². The highest BCUT2D eigenvalue weighted by molar-refractivity contribution is 5.82. The molecule has 0 radical (unpaired) electrons. The molecular weight excluding hydrogens is 198 g/mol. The van der Waals surface area contributed by atoms with Gasteiger partial charge in [0, 0.05) is 17.4 Å². The van der Waals surface area contributed by atoms with Gasteiger partial charge in [0.1, 0.15) is 0 Å². The third kappa shape index (κ3) is 2.43. The molecule has 16 heavy (non-hydrogen) atoms. The summed E-state index contributed by atoms with van der Waals surface area (Å²) in [5, 5.41) is 3.10. The van der Waals surface area contributed by atoms with Gasteiger partial charge in [-0.2, -0.15) is 0 Å². The van der Waals surface area contributed by atoms with Crippen molar-refractivity contribution in [2.45, 2.75) is 39.2 Å². The molecule has 2 nitrogen and oxygen atoms in total. The highest BCUT2D eigenvalue weighted by Crippen LogP contribution is 2.41. The number of amides is 1. The first kappa shape index (κ1) is 11.2. The van der Waals surface area contributed by atoms with E-state index < -0.39 is 0 Å². The van der Waals surface area contributed by atoms with Gasteiger partial charge >= 0.3 is 0 Å². The quantitative estimate of drug-likeness (QED) is 0.810. The van der Waals surface area contributed by atoms with Gasteiger partial charge in [-0.05, 0) is 12.0 Å². The van der Waals surface area contributed by atoms with Crippen molar-refractivity contribution in [3.63, 3.8) is 0 Å². The first-order valence-electron chi connectivity index (χ1n) is 5.84. The zero-order valence-electron chi connectivity index (χ0n) is 10.2. The number of hydrogen-bond acceptors (Lipinski definition) is 1. The molecule has 1 amide bonds. The Hall–Kier alpha value is -1.31. The normalized spacial score (nSPS) is 23.9. The highest BCUT2D eigenvalue weighted by Gasteiger charge is 2.40. The molecule has 0 unspecified atom stereocenters. The highest BCUT2D eigenvalue weighted by atomic mass is 16.2. The Morgan fingerprint density at radius 1 is 1.25 bits per heavy atom. The fourth-order valence-corrected chi connectivity index (χ4v) is 1.81. The zero-order chi connectivity index (χ0) is 11.8. The second-order valence-corrected chi connectivity index (χ2v) is 5.58. The fourth-order valence-electron chi connectivity index (χ4n) is 1.81. The number of carbonyl (C=O) groups excluding carboxylic acids is 1. The second-order valence-electron chi connectivity index (χ2n) is 5.58. The van der Waals surface area contributed by atoms with E-state index in [1.807, 2.05) is 26.8 Å². The summed E-state index contributed by atoms with van der Waals surface area (Å²) < 4.78 is 0. The van der Waals surface area contributed by atoms with Gasteiger partial charge in [-0.15, -0.1) is 0 Å². The predicted molar refractivity (Wildman–Crippen MR) is 65.2 cm³/mol. The number of carbonyl (C=O) groups is 1. The average molecular weight is 217 g/mol. The van der Waals surface area contributed by atoms with Crippen molar-refractivity contribution in [3.8, 4) is 0 Å². The van der Waals surface area contributed by atoms with Crippen LogP contribution in [0.3, 0.4) is 0 Å². The Morgan fingerprint density at radius 2 is 1.88 bits per heavy atom. The maximum absolute atomic E-state index is 11.8. The molecule has 0 aromatic heterocycles. The van der Waals surface area contributed by atoms with Gasteiger partial charge in [0.25, 0.3) is 0 Å². The molecule has 0 saturated heterocycles. The zero-order valence-corrected chi connectivity index (χ0v) is 10.2. The molecule has 2 rings (SSSR count). The standard InChI is InChI=1S/C14H19NO/c1-14(2,3)13(16)15-12-9-11(12)10-7-5-4-6-8-10/h4-8,11-12H,9H2,1-3H3,(H,15,16)/t11-,12+/m1/s1. The van der Waals surface area contributed by atoms with E-state index in [1.54, 1.807) is 0 Å². The van der Waals surface area contributed by atoms with Crippen LogP contribution >= 0.6 is 0 Å². The SMILES string of the molecule is CC(C)(C)C(=O)N[C@H]1C[C@@H]1c1ccccc1.